The summed E-state index contributed by atoms with van der Waals surface area (Å²) in [5.74, 6) is 0. The molecule has 0 spiro atoms. The Morgan fingerprint density at radius 2 is 1.00 bits per heavy atom. The SMILES string of the molecule is [C-]#[O+].[C-]#[O+].[CH]1C=CC=C1.[Fe]. The van der Waals surface area contributed by atoms with Crippen LogP contribution in [0.25, 0.3) is 0 Å². The van der Waals surface area contributed by atoms with Crippen LogP contribution in [-0.2, 0) is 26.4 Å². The van der Waals surface area contributed by atoms with Crippen LogP contribution in [-0.4, -0.2) is 0 Å². The molecule has 1 aliphatic rings. The molecular formula is C7H5FeO2. The van der Waals surface area contributed by atoms with Gasteiger partial charge in [-0.2, -0.15) is 0 Å². The molecule has 0 saturated heterocycles. The maximum atomic E-state index is 7.50. The Bertz CT molecular complexity index is 117. The summed E-state index contributed by atoms with van der Waals surface area (Å²) in [4.78, 5) is 0. The fraction of sp³-hybridized carbons (Fsp3) is 0. The molecule has 1 aliphatic carbocycles. The van der Waals surface area contributed by atoms with Crippen molar-refractivity contribution in [2.45, 2.75) is 0 Å². The molecule has 0 N–H and O–H groups in total. The van der Waals surface area contributed by atoms with Crippen molar-refractivity contribution in [3.05, 3.63) is 44.0 Å². The Balaban J connectivity index is -0.0000000875. The van der Waals surface area contributed by atoms with Crippen molar-refractivity contribution in [3.63, 3.8) is 0 Å². The van der Waals surface area contributed by atoms with Gasteiger partial charge in [-0.05, 0) is 0 Å². The first kappa shape index (κ1) is 16.2. The molecule has 0 aromatic rings. The van der Waals surface area contributed by atoms with Crippen molar-refractivity contribution >= 4 is 0 Å². The summed E-state index contributed by atoms with van der Waals surface area (Å²) in [5.41, 5.74) is 0. The molecule has 0 aromatic carbocycles. The van der Waals surface area contributed by atoms with Crippen LogP contribution in [0.3, 0.4) is 0 Å². The number of rotatable bonds is 0. The number of hydrogen-bond donors (Lipinski definition) is 0. The van der Waals surface area contributed by atoms with Crippen LogP contribution in [0.5, 0.6) is 0 Å². The van der Waals surface area contributed by atoms with E-state index >= 15 is 0 Å². The summed E-state index contributed by atoms with van der Waals surface area (Å²) in [7, 11) is 0. The van der Waals surface area contributed by atoms with Crippen LogP contribution in [0.1, 0.15) is 0 Å². The zero-order valence-corrected chi connectivity index (χ0v) is 6.16. The third-order valence-corrected chi connectivity index (χ3v) is 0.556. The molecule has 0 fully saturated rings. The van der Waals surface area contributed by atoms with E-state index in [1.54, 1.807) is 0 Å². The normalized spacial score (nSPS) is 9.20. The molecule has 0 aromatic heterocycles. The Hall–Kier alpha value is -0.521. The van der Waals surface area contributed by atoms with E-state index in [2.05, 4.69) is 13.3 Å². The van der Waals surface area contributed by atoms with E-state index in [1.807, 2.05) is 30.7 Å². The Morgan fingerprint density at radius 3 is 1.10 bits per heavy atom. The zero-order valence-electron chi connectivity index (χ0n) is 5.06. The third kappa shape index (κ3) is 15.6. The molecule has 0 atom stereocenters. The summed E-state index contributed by atoms with van der Waals surface area (Å²) in [5, 5.41) is 0. The van der Waals surface area contributed by atoms with E-state index in [0.717, 1.165) is 0 Å². The van der Waals surface area contributed by atoms with Crippen molar-refractivity contribution in [2.24, 2.45) is 0 Å². The molecule has 0 saturated carbocycles. The Labute approximate surface area is 70.9 Å². The largest absolute Gasteiger partial charge is 0.0767 e. The molecule has 53 valence electrons. The van der Waals surface area contributed by atoms with E-state index in [9.17, 15) is 0 Å². The molecule has 2 nitrogen and oxygen atoms in total. The van der Waals surface area contributed by atoms with Crippen LogP contribution in [0.15, 0.2) is 24.3 Å². The van der Waals surface area contributed by atoms with E-state index in [1.165, 1.54) is 0 Å². The average molecular weight is 177 g/mol. The first-order valence-electron chi connectivity index (χ1n) is 2.07. The van der Waals surface area contributed by atoms with Gasteiger partial charge in [-0.25, -0.2) is 0 Å². The van der Waals surface area contributed by atoms with Crippen LogP contribution < -0.4 is 0 Å². The van der Waals surface area contributed by atoms with Crippen molar-refractivity contribution in [1.82, 2.24) is 0 Å². The maximum absolute atomic E-state index is 7.50. The Morgan fingerprint density at radius 1 is 0.700 bits per heavy atom. The van der Waals surface area contributed by atoms with Gasteiger partial charge in [0.2, 0.25) is 0 Å². The van der Waals surface area contributed by atoms with E-state index in [0.29, 0.717) is 0 Å². The minimum absolute atomic E-state index is 0. The molecular weight excluding hydrogens is 172 g/mol. The summed E-state index contributed by atoms with van der Waals surface area (Å²) in [6.45, 7) is 9.00. The molecule has 0 aliphatic heterocycles. The van der Waals surface area contributed by atoms with E-state index in [-0.39, 0.29) is 17.1 Å². The predicted molar refractivity (Wildman–Crippen MR) is 30.4 cm³/mol. The molecule has 1 radical (unpaired) electrons. The van der Waals surface area contributed by atoms with Gasteiger partial charge in [0.05, 0.1) is 0 Å². The molecule has 0 bridgehead atoms. The van der Waals surface area contributed by atoms with Crippen LogP contribution in [0.4, 0.5) is 0 Å². The fourth-order valence-corrected chi connectivity index (χ4v) is 0.321. The van der Waals surface area contributed by atoms with Gasteiger partial charge in [-0.15, -0.1) is 0 Å². The topological polar surface area (TPSA) is 39.8 Å². The summed E-state index contributed by atoms with van der Waals surface area (Å²) in [6.07, 6.45) is 10.0. The van der Waals surface area contributed by atoms with Gasteiger partial charge in [0.1, 0.15) is 0 Å². The molecule has 0 heterocycles. The van der Waals surface area contributed by atoms with E-state index < -0.39 is 0 Å². The quantitative estimate of drug-likeness (QED) is 0.303. The van der Waals surface area contributed by atoms with Gasteiger partial charge in [0.15, 0.2) is 0 Å². The summed E-state index contributed by atoms with van der Waals surface area (Å²) >= 11 is 0. The second-order valence-electron chi connectivity index (χ2n) is 0.962. The van der Waals surface area contributed by atoms with Gasteiger partial charge in [-0.1, -0.05) is 24.3 Å². The van der Waals surface area contributed by atoms with Gasteiger partial charge < -0.3 is 0 Å². The molecule has 0 unspecified atom stereocenters. The molecule has 0 amide bonds. The van der Waals surface area contributed by atoms with Gasteiger partial charge in [0.25, 0.3) is 0 Å². The minimum atomic E-state index is 0. The predicted octanol–water partition coefficient (Wildman–Crippen LogP) is 1.24. The monoisotopic (exact) mass is 177 g/mol. The summed E-state index contributed by atoms with van der Waals surface area (Å²) < 4.78 is 15.0. The smallest absolute Gasteiger partial charge is 0.00506 e. The van der Waals surface area contributed by atoms with Crippen molar-refractivity contribution in [2.75, 3.05) is 0 Å². The molecule has 3 heteroatoms. The first-order valence-corrected chi connectivity index (χ1v) is 2.07. The van der Waals surface area contributed by atoms with Gasteiger partial charge in [-0.3, -0.25) is 0 Å². The van der Waals surface area contributed by atoms with Crippen LogP contribution >= 0.6 is 0 Å². The summed E-state index contributed by atoms with van der Waals surface area (Å²) in [6, 6.07) is 0. The van der Waals surface area contributed by atoms with Crippen molar-refractivity contribution in [1.29, 1.82) is 0 Å². The van der Waals surface area contributed by atoms with Gasteiger partial charge >= 0.3 is 22.6 Å². The van der Waals surface area contributed by atoms with Crippen LogP contribution in [0.2, 0.25) is 0 Å². The standard InChI is InChI=1S/C5H5.2CO.Fe/c1-2-4-5-3-1;2*1-2;/h1-5H;;;. The van der Waals surface area contributed by atoms with Crippen molar-refractivity contribution < 1.29 is 26.4 Å². The minimum Gasteiger partial charge on any atom is -0.0767 e. The van der Waals surface area contributed by atoms with Crippen LogP contribution in [0, 0.1) is 19.7 Å². The first-order chi connectivity index (χ1) is 4.50. The molecule has 10 heavy (non-hydrogen) atoms. The van der Waals surface area contributed by atoms with Crippen molar-refractivity contribution in [3.8, 4) is 0 Å². The molecule has 1 rings (SSSR count). The third-order valence-electron chi connectivity index (χ3n) is 0.556. The second-order valence-corrected chi connectivity index (χ2v) is 0.962. The number of allylic oxidation sites excluding steroid dienone is 4. The van der Waals surface area contributed by atoms with Gasteiger partial charge in [0, 0.05) is 23.5 Å². The number of hydrogen-bond acceptors (Lipinski definition) is 0. The maximum Gasteiger partial charge on any atom is 0.00506 e. The fourth-order valence-electron chi connectivity index (χ4n) is 0.321. The van der Waals surface area contributed by atoms with E-state index in [4.69, 9.17) is 9.30 Å². The Kier molecular flexibility index (Phi) is 38.4. The average Bonchev–Trinajstić information content (AvgIpc) is 2.51. The zero-order chi connectivity index (χ0) is 7.54. The second kappa shape index (κ2) is 23.6.